The van der Waals surface area contributed by atoms with Crippen molar-refractivity contribution >= 4 is 21.6 Å². The Hall–Kier alpha value is -1.33. The van der Waals surface area contributed by atoms with Crippen molar-refractivity contribution in [3.63, 3.8) is 0 Å². The number of anilines is 1. The molecule has 0 saturated carbocycles. The molecule has 0 atom stereocenters. The van der Waals surface area contributed by atoms with Crippen LogP contribution in [0.3, 0.4) is 0 Å². The molecule has 2 heterocycles. The van der Waals surface area contributed by atoms with Crippen LogP contribution in [0, 0.1) is 0 Å². The summed E-state index contributed by atoms with van der Waals surface area (Å²) in [5.41, 5.74) is 2.31. The summed E-state index contributed by atoms with van der Waals surface area (Å²) in [6.07, 6.45) is 3.74. The Morgan fingerprint density at radius 2 is 1.72 bits per heavy atom. The van der Waals surface area contributed by atoms with Gasteiger partial charge in [-0.2, -0.15) is 5.10 Å². The second kappa shape index (κ2) is 5.12. The molecule has 0 radical (unpaired) electrons. The fraction of sp³-hybridized carbons (Fsp3) is 0.308. The summed E-state index contributed by atoms with van der Waals surface area (Å²) in [6.45, 7) is 3.56. The van der Waals surface area contributed by atoms with Crippen LogP contribution in [0.1, 0.15) is 0 Å². The molecule has 2 aromatic rings. The van der Waals surface area contributed by atoms with Crippen LogP contribution in [-0.4, -0.2) is 36.1 Å². The molecule has 1 saturated heterocycles. The third-order valence-corrected chi connectivity index (χ3v) is 3.45. The maximum Gasteiger partial charge on any atom is 0.0647 e. The monoisotopic (exact) mass is 307 g/mol. The minimum Gasteiger partial charge on any atom is -0.378 e. The zero-order chi connectivity index (χ0) is 12.4. The van der Waals surface area contributed by atoms with Gasteiger partial charge in [0.15, 0.2) is 0 Å². The first-order valence-corrected chi connectivity index (χ1v) is 6.75. The molecule has 1 aromatic heterocycles. The van der Waals surface area contributed by atoms with Crippen LogP contribution in [0.25, 0.3) is 5.69 Å². The Morgan fingerprint density at radius 3 is 2.33 bits per heavy atom. The molecule has 1 fully saturated rings. The molecule has 18 heavy (non-hydrogen) atoms. The molecule has 1 aromatic carbocycles. The van der Waals surface area contributed by atoms with Gasteiger partial charge in [0, 0.05) is 25.0 Å². The van der Waals surface area contributed by atoms with Crippen molar-refractivity contribution < 1.29 is 4.74 Å². The van der Waals surface area contributed by atoms with Crippen LogP contribution in [0.15, 0.2) is 41.1 Å². The van der Waals surface area contributed by atoms with Crippen molar-refractivity contribution in [2.45, 2.75) is 0 Å². The van der Waals surface area contributed by atoms with Gasteiger partial charge in [0.2, 0.25) is 0 Å². The number of hydrogen-bond acceptors (Lipinski definition) is 3. The zero-order valence-electron chi connectivity index (χ0n) is 9.92. The molecule has 1 aliphatic rings. The normalized spacial score (nSPS) is 15.9. The number of nitrogens with zero attached hydrogens (tertiary/aromatic N) is 3. The Labute approximate surface area is 114 Å². The highest BCUT2D eigenvalue weighted by Crippen LogP contribution is 2.19. The van der Waals surface area contributed by atoms with E-state index in [1.165, 1.54) is 5.69 Å². The van der Waals surface area contributed by atoms with Crippen LogP contribution < -0.4 is 4.90 Å². The maximum absolute atomic E-state index is 5.36. The predicted molar refractivity (Wildman–Crippen MR) is 74.3 cm³/mol. The topological polar surface area (TPSA) is 30.3 Å². The highest BCUT2D eigenvalue weighted by molar-refractivity contribution is 9.10. The van der Waals surface area contributed by atoms with Crippen molar-refractivity contribution in [2.24, 2.45) is 0 Å². The summed E-state index contributed by atoms with van der Waals surface area (Å²) in [7, 11) is 0. The lowest BCUT2D eigenvalue weighted by molar-refractivity contribution is 0.122. The van der Waals surface area contributed by atoms with Gasteiger partial charge in [0.25, 0.3) is 0 Å². The number of ether oxygens (including phenoxy) is 1. The van der Waals surface area contributed by atoms with E-state index >= 15 is 0 Å². The summed E-state index contributed by atoms with van der Waals surface area (Å²) in [6, 6.07) is 8.45. The average Bonchev–Trinajstić information content (AvgIpc) is 2.87. The smallest absolute Gasteiger partial charge is 0.0647 e. The number of aromatic nitrogens is 2. The summed E-state index contributed by atoms with van der Waals surface area (Å²) >= 11 is 3.40. The molecular weight excluding hydrogens is 294 g/mol. The first-order valence-electron chi connectivity index (χ1n) is 5.96. The average molecular weight is 308 g/mol. The minimum atomic E-state index is 0.813. The molecular formula is C13H14BrN3O. The first-order chi connectivity index (χ1) is 8.83. The van der Waals surface area contributed by atoms with Crippen LogP contribution in [0.5, 0.6) is 0 Å². The lowest BCUT2D eigenvalue weighted by atomic mass is 10.2. The molecule has 4 nitrogen and oxygen atoms in total. The van der Waals surface area contributed by atoms with E-state index in [4.69, 9.17) is 4.74 Å². The number of rotatable bonds is 2. The van der Waals surface area contributed by atoms with Gasteiger partial charge >= 0.3 is 0 Å². The van der Waals surface area contributed by atoms with Crippen molar-refractivity contribution in [1.29, 1.82) is 0 Å². The SMILES string of the molecule is Brc1cnn(-c2ccc(N3CCOCC3)cc2)c1. The van der Waals surface area contributed by atoms with E-state index < -0.39 is 0 Å². The third-order valence-electron chi connectivity index (χ3n) is 3.04. The van der Waals surface area contributed by atoms with Gasteiger partial charge < -0.3 is 9.64 Å². The highest BCUT2D eigenvalue weighted by Gasteiger charge is 2.10. The molecule has 94 valence electrons. The van der Waals surface area contributed by atoms with Crippen molar-refractivity contribution in [3.05, 3.63) is 41.1 Å². The van der Waals surface area contributed by atoms with Crippen LogP contribution >= 0.6 is 15.9 Å². The van der Waals surface area contributed by atoms with Gasteiger partial charge in [0.1, 0.15) is 0 Å². The standard InChI is InChI=1S/C13H14BrN3O/c14-11-9-15-17(10-11)13-3-1-12(2-4-13)16-5-7-18-8-6-16/h1-4,9-10H,5-8H2. The Balaban J connectivity index is 1.80. The van der Waals surface area contributed by atoms with Gasteiger partial charge in [0.05, 0.1) is 29.6 Å². The number of benzene rings is 1. The van der Waals surface area contributed by atoms with Gasteiger partial charge in [-0.1, -0.05) is 0 Å². The van der Waals surface area contributed by atoms with Gasteiger partial charge in [-0.15, -0.1) is 0 Å². The highest BCUT2D eigenvalue weighted by atomic mass is 79.9. The minimum absolute atomic E-state index is 0.813. The molecule has 0 N–H and O–H groups in total. The zero-order valence-corrected chi connectivity index (χ0v) is 11.5. The molecule has 5 heteroatoms. The lowest BCUT2D eigenvalue weighted by Gasteiger charge is -2.28. The third kappa shape index (κ3) is 2.42. The lowest BCUT2D eigenvalue weighted by Crippen LogP contribution is -2.36. The maximum atomic E-state index is 5.36. The largest absolute Gasteiger partial charge is 0.378 e. The molecule has 0 amide bonds. The quantitative estimate of drug-likeness (QED) is 0.854. The van der Waals surface area contributed by atoms with Gasteiger partial charge in [-0.3, -0.25) is 0 Å². The van der Waals surface area contributed by atoms with E-state index in [2.05, 4.69) is 50.2 Å². The van der Waals surface area contributed by atoms with E-state index in [1.807, 2.05) is 10.9 Å². The molecule has 0 unspecified atom stereocenters. The Bertz CT molecular complexity index is 517. The second-order valence-corrected chi connectivity index (χ2v) is 5.13. The van der Waals surface area contributed by atoms with E-state index in [0.29, 0.717) is 0 Å². The van der Waals surface area contributed by atoms with E-state index in [-0.39, 0.29) is 0 Å². The van der Waals surface area contributed by atoms with Crippen molar-refractivity contribution in [2.75, 3.05) is 31.2 Å². The Kier molecular flexibility index (Phi) is 3.34. The summed E-state index contributed by atoms with van der Waals surface area (Å²) < 4.78 is 8.20. The number of halogens is 1. The number of hydrogen-bond donors (Lipinski definition) is 0. The summed E-state index contributed by atoms with van der Waals surface area (Å²) in [4.78, 5) is 2.34. The second-order valence-electron chi connectivity index (χ2n) is 4.22. The Morgan fingerprint density at radius 1 is 1.06 bits per heavy atom. The van der Waals surface area contributed by atoms with Crippen LogP contribution in [0.4, 0.5) is 5.69 Å². The fourth-order valence-electron chi connectivity index (χ4n) is 2.08. The summed E-state index contributed by atoms with van der Waals surface area (Å²) in [5, 5.41) is 4.26. The van der Waals surface area contributed by atoms with E-state index in [9.17, 15) is 0 Å². The van der Waals surface area contributed by atoms with Gasteiger partial charge in [-0.05, 0) is 40.2 Å². The molecule has 3 rings (SSSR count). The van der Waals surface area contributed by atoms with Crippen molar-refractivity contribution in [3.8, 4) is 5.69 Å². The molecule has 1 aliphatic heterocycles. The van der Waals surface area contributed by atoms with Gasteiger partial charge in [-0.25, -0.2) is 4.68 Å². The molecule has 0 spiro atoms. The van der Waals surface area contributed by atoms with Crippen LogP contribution in [0.2, 0.25) is 0 Å². The molecule has 0 bridgehead atoms. The summed E-state index contributed by atoms with van der Waals surface area (Å²) in [5.74, 6) is 0. The molecule has 0 aliphatic carbocycles. The number of morpholine rings is 1. The van der Waals surface area contributed by atoms with E-state index in [0.717, 1.165) is 36.5 Å². The predicted octanol–water partition coefficient (Wildman–Crippen LogP) is 2.47. The van der Waals surface area contributed by atoms with E-state index in [1.54, 1.807) is 6.20 Å². The van der Waals surface area contributed by atoms with Crippen LogP contribution in [-0.2, 0) is 4.74 Å². The fourth-order valence-corrected chi connectivity index (χ4v) is 2.37. The van der Waals surface area contributed by atoms with Crippen molar-refractivity contribution in [1.82, 2.24) is 9.78 Å². The first kappa shape index (κ1) is 11.7.